The lowest BCUT2D eigenvalue weighted by molar-refractivity contribution is -0.137. The van der Waals surface area contributed by atoms with Crippen LogP contribution in [0, 0.1) is 6.92 Å². The van der Waals surface area contributed by atoms with Crippen LogP contribution in [-0.2, 0) is 4.79 Å². The molecule has 1 atom stereocenters. The number of nitrogens with zero attached hydrogens (tertiary/aromatic N) is 2. The van der Waals surface area contributed by atoms with E-state index >= 15 is 0 Å². The van der Waals surface area contributed by atoms with Gasteiger partial charge in [-0.2, -0.15) is 0 Å². The van der Waals surface area contributed by atoms with E-state index in [4.69, 9.17) is 0 Å². The summed E-state index contributed by atoms with van der Waals surface area (Å²) in [6, 6.07) is 13.7. The van der Waals surface area contributed by atoms with E-state index in [1.807, 2.05) is 60.0 Å². The Balaban J connectivity index is 2.16. The molecule has 0 fully saturated rings. The van der Waals surface area contributed by atoms with E-state index in [0.29, 0.717) is 0 Å². The van der Waals surface area contributed by atoms with Gasteiger partial charge in [0.25, 0.3) is 0 Å². The number of imidazole rings is 1. The first-order valence-corrected chi connectivity index (χ1v) is 6.86. The Morgan fingerprint density at radius 1 is 1.24 bits per heavy atom. The fourth-order valence-electron chi connectivity index (χ4n) is 2.74. The van der Waals surface area contributed by atoms with Gasteiger partial charge in [-0.15, -0.1) is 0 Å². The average molecular weight is 280 g/mol. The molecule has 0 bridgehead atoms. The van der Waals surface area contributed by atoms with Crippen molar-refractivity contribution in [1.82, 2.24) is 9.38 Å². The molecule has 0 aliphatic heterocycles. The summed E-state index contributed by atoms with van der Waals surface area (Å²) in [5.74, 6) is -1.02. The molecule has 0 spiro atoms. The molecule has 4 heteroatoms. The monoisotopic (exact) mass is 280 g/mol. The Morgan fingerprint density at radius 3 is 2.76 bits per heavy atom. The SMILES string of the molecule is Cc1ccccc1[C@H](CC(=O)O)c1cnc2ccccn12. The summed E-state index contributed by atoms with van der Waals surface area (Å²) in [5.41, 5.74) is 3.86. The number of carboxylic acid groups (broad SMARTS) is 1. The molecule has 1 aromatic carbocycles. The standard InChI is InChI=1S/C17H16N2O2/c1-12-6-2-3-7-13(12)14(10-17(20)21)15-11-18-16-8-4-5-9-19(15)16/h2-9,11,14H,10H2,1H3,(H,20,21)/t14-/m0/s1. The molecule has 0 saturated carbocycles. The number of fused-ring (bicyclic) bond motifs is 1. The molecular formula is C17H16N2O2. The predicted molar refractivity (Wildman–Crippen MR) is 80.5 cm³/mol. The smallest absolute Gasteiger partial charge is 0.304 e. The van der Waals surface area contributed by atoms with Crippen molar-refractivity contribution in [3.63, 3.8) is 0 Å². The predicted octanol–water partition coefficient (Wildman–Crippen LogP) is 3.25. The van der Waals surface area contributed by atoms with Crippen LogP contribution < -0.4 is 0 Å². The molecule has 0 amide bonds. The second-order valence-corrected chi connectivity index (χ2v) is 5.12. The van der Waals surface area contributed by atoms with Crippen molar-refractivity contribution >= 4 is 11.6 Å². The highest BCUT2D eigenvalue weighted by atomic mass is 16.4. The van der Waals surface area contributed by atoms with Crippen LogP contribution in [0.2, 0.25) is 0 Å². The molecule has 0 aliphatic rings. The molecule has 106 valence electrons. The summed E-state index contributed by atoms with van der Waals surface area (Å²) < 4.78 is 1.96. The lowest BCUT2D eigenvalue weighted by atomic mass is 9.89. The normalized spacial score (nSPS) is 12.4. The first-order valence-electron chi connectivity index (χ1n) is 6.86. The van der Waals surface area contributed by atoms with Crippen LogP contribution in [0.1, 0.15) is 29.2 Å². The minimum atomic E-state index is -0.811. The molecule has 3 aromatic rings. The zero-order chi connectivity index (χ0) is 14.8. The largest absolute Gasteiger partial charge is 0.481 e. The molecule has 0 aliphatic carbocycles. The number of benzene rings is 1. The highest BCUT2D eigenvalue weighted by Crippen LogP contribution is 2.30. The Labute approximate surface area is 122 Å². The van der Waals surface area contributed by atoms with Crippen molar-refractivity contribution in [3.8, 4) is 0 Å². The average Bonchev–Trinajstić information content (AvgIpc) is 2.89. The molecule has 0 saturated heterocycles. The maximum atomic E-state index is 11.3. The third-order valence-electron chi connectivity index (χ3n) is 3.75. The molecule has 4 nitrogen and oxygen atoms in total. The maximum absolute atomic E-state index is 11.3. The van der Waals surface area contributed by atoms with Crippen molar-refractivity contribution in [2.45, 2.75) is 19.3 Å². The first kappa shape index (κ1) is 13.4. The molecule has 0 unspecified atom stereocenters. The van der Waals surface area contributed by atoms with E-state index in [1.54, 1.807) is 6.20 Å². The summed E-state index contributed by atoms with van der Waals surface area (Å²) in [4.78, 5) is 15.7. The van der Waals surface area contributed by atoms with Crippen molar-refractivity contribution in [2.24, 2.45) is 0 Å². The number of pyridine rings is 1. The van der Waals surface area contributed by atoms with Crippen LogP contribution in [0.5, 0.6) is 0 Å². The second kappa shape index (κ2) is 5.40. The molecule has 21 heavy (non-hydrogen) atoms. The molecule has 1 N–H and O–H groups in total. The van der Waals surface area contributed by atoms with Crippen molar-refractivity contribution in [2.75, 3.05) is 0 Å². The van der Waals surface area contributed by atoms with E-state index in [2.05, 4.69) is 4.98 Å². The molecular weight excluding hydrogens is 264 g/mol. The number of aromatic nitrogens is 2. The third kappa shape index (κ3) is 2.52. The van der Waals surface area contributed by atoms with Gasteiger partial charge in [-0.3, -0.25) is 4.79 Å². The summed E-state index contributed by atoms with van der Waals surface area (Å²) in [6.45, 7) is 2.01. The second-order valence-electron chi connectivity index (χ2n) is 5.12. The van der Waals surface area contributed by atoms with E-state index in [1.165, 1.54) is 0 Å². The van der Waals surface area contributed by atoms with Crippen LogP contribution in [0.15, 0.2) is 54.9 Å². The number of carbonyl (C=O) groups is 1. The van der Waals surface area contributed by atoms with Gasteiger partial charge in [-0.05, 0) is 30.2 Å². The first-order chi connectivity index (χ1) is 10.2. The number of carboxylic acids is 1. The fourth-order valence-corrected chi connectivity index (χ4v) is 2.74. The van der Waals surface area contributed by atoms with E-state index in [-0.39, 0.29) is 12.3 Å². The van der Waals surface area contributed by atoms with Gasteiger partial charge in [0.15, 0.2) is 0 Å². The van der Waals surface area contributed by atoms with Gasteiger partial charge in [0.1, 0.15) is 5.65 Å². The number of aryl methyl sites for hydroxylation is 1. The Kier molecular flexibility index (Phi) is 3.44. The van der Waals surface area contributed by atoms with Crippen molar-refractivity contribution in [3.05, 3.63) is 71.7 Å². The van der Waals surface area contributed by atoms with Crippen LogP contribution in [0.3, 0.4) is 0 Å². The highest BCUT2D eigenvalue weighted by Gasteiger charge is 2.22. The van der Waals surface area contributed by atoms with Gasteiger partial charge in [-0.1, -0.05) is 30.3 Å². The summed E-state index contributed by atoms with van der Waals surface area (Å²) in [7, 11) is 0. The minimum absolute atomic E-state index is 0.0491. The quantitative estimate of drug-likeness (QED) is 0.798. The summed E-state index contributed by atoms with van der Waals surface area (Å²) in [6.07, 6.45) is 3.74. The lowest BCUT2D eigenvalue weighted by Crippen LogP contribution is -2.11. The van der Waals surface area contributed by atoms with Gasteiger partial charge in [0, 0.05) is 18.3 Å². The van der Waals surface area contributed by atoms with Crippen molar-refractivity contribution in [1.29, 1.82) is 0 Å². The molecule has 3 rings (SSSR count). The van der Waals surface area contributed by atoms with Gasteiger partial charge >= 0.3 is 5.97 Å². The van der Waals surface area contributed by atoms with E-state index in [9.17, 15) is 9.90 Å². The maximum Gasteiger partial charge on any atom is 0.304 e. The molecule has 2 aromatic heterocycles. The minimum Gasteiger partial charge on any atom is -0.481 e. The summed E-state index contributed by atoms with van der Waals surface area (Å²) in [5, 5.41) is 9.28. The van der Waals surface area contributed by atoms with Crippen LogP contribution in [0.4, 0.5) is 0 Å². The van der Waals surface area contributed by atoms with Gasteiger partial charge in [-0.25, -0.2) is 4.98 Å². The lowest BCUT2D eigenvalue weighted by Gasteiger charge is -2.17. The Morgan fingerprint density at radius 2 is 2.00 bits per heavy atom. The third-order valence-corrected chi connectivity index (χ3v) is 3.75. The fraction of sp³-hybridized carbons (Fsp3) is 0.176. The number of hydrogen-bond acceptors (Lipinski definition) is 2. The highest BCUT2D eigenvalue weighted by molar-refractivity contribution is 5.69. The topological polar surface area (TPSA) is 54.6 Å². The van der Waals surface area contributed by atoms with Crippen LogP contribution in [-0.4, -0.2) is 20.5 Å². The van der Waals surface area contributed by atoms with Gasteiger partial charge in [0.2, 0.25) is 0 Å². The number of rotatable bonds is 4. The molecule has 0 radical (unpaired) electrons. The van der Waals surface area contributed by atoms with Crippen molar-refractivity contribution < 1.29 is 9.90 Å². The van der Waals surface area contributed by atoms with Gasteiger partial charge < -0.3 is 9.51 Å². The Hall–Kier alpha value is -2.62. The van der Waals surface area contributed by atoms with Crippen LogP contribution >= 0.6 is 0 Å². The molecule has 2 heterocycles. The number of hydrogen-bond donors (Lipinski definition) is 1. The summed E-state index contributed by atoms with van der Waals surface area (Å²) >= 11 is 0. The van der Waals surface area contributed by atoms with E-state index < -0.39 is 5.97 Å². The zero-order valence-electron chi connectivity index (χ0n) is 11.7. The Bertz CT molecular complexity index is 792. The zero-order valence-corrected chi connectivity index (χ0v) is 11.7. The van der Waals surface area contributed by atoms with Crippen LogP contribution in [0.25, 0.3) is 5.65 Å². The number of aliphatic carboxylic acids is 1. The van der Waals surface area contributed by atoms with E-state index in [0.717, 1.165) is 22.5 Å². The van der Waals surface area contributed by atoms with Gasteiger partial charge in [0.05, 0.1) is 12.1 Å².